The summed E-state index contributed by atoms with van der Waals surface area (Å²) in [7, 11) is 0. The molecule has 1 aliphatic rings. The van der Waals surface area contributed by atoms with Gasteiger partial charge < -0.3 is 15.6 Å². The minimum absolute atomic E-state index is 0. The second-order valence-electron chi connectivity index (χ2n) is 7.54. The highest BCUT2D eigenvalue weighted by molar-refractivity contribution is 5.85. The van der Waals surface area contributed by atoms with E-state index in [1.807, 2.05) is 26.0 Å². The van der Waals surface area contributed by atoms with E-state index in [-0.39, 0.29) is 30.3 Å². The Bertz CT molecular complexity index is 758. The molecule has 3 unspecified atom stereocenters. The second-order valence-corrected chi connectivity index (χ2v) is 7.54. The predicted octanol–water partition coefficient (Wildman–Crippen LogP) is 3.81. The van der Waals surface area contributed by atoms with Crippen LogP contribution in [0.15, 0.2) is 28.8 Å². The van der Waals surface area contributed by atoms with Crippen molar-refractivity contribution in [3.05, 3.63) is 35.7 Å². The molecule has 1 saturated carbocycles. The van der Waals surface area contributed by atoms with E-state index in [1.54, 1.807) is 0 Å². The van der Waals surface area contributed by atoms with Crippen LogP contribution in [0.2, 0.25) is 0 Å². The van der Waals surface area contributed by atoms with Crippen molar-refractivity contribution in [1.29, 1.82) is 0 Å². The van der Waals surface area contributed by atoms with Gasteiger partial charge in [-0.2, -0.15) is 4.98 Å². The van der Waals surface area contributed by atoms with E-state index in [2.05, 4.69) is 34.5 Å². The first kappa shape index (κ1) is 21.4. The van der Waals surface area contributed by atoms with E-state index in [4.69, 9.17) is 10.3 Å². The van der Waals surface area contributed by atoms with Gasteiger partial charge in [0.05, 0.1) is 5.92 Å². The molecule has 2 aromatic rings. The number of nitrogens with two attached hydrogens (primary N) is 1. The largest absolute Gasteiger partial charge is 0.344 e. The number of aryl methyl sites for hydroxylation is 1. The molecule has 1 aromatic heterocycles. The molecule has 1 heterocycles. The van der Waals surface area contributed by atoms with Crippen molar-refractivity contribution in [1.82, 2.24) is 15.5 Å². The van der Waals surface area contributed by atoms with Crippen molar-refractivity contribution in [3.8, 4) is 11.4 Å². The lowest BCUT2D eigenvalue weighted by Gasteiger charge is -2.37. The Hall–Kier alpha value is -1.92. The Balaban J connectivity index is 0.00000261. The third kappa shape index (κ3) is 4.87. The Morgan fingerprint density at radius 3 is 2.70 bits per heavy atom. The standard InChI is InChI=1S/C20H28N4O2.ClH/c1-4-14-8-10-15(11-9-14)17-23-19(26-24-17)13(2)22-18(25)16-7-5-6-12-20(16,3)21;/h8-11,13,16H,4-7,12,21H2,1-3H3,(H,22,25);1H. The third-order valence-corrected chi connectivity index (χ3v) is 5.36. The van der Waals surface area contributed by atoms with E-state index < -0.39 is 5.54 Å². The number of halogens is 1. The number of nitrogens with zero attached hydrogens (tertiary/aromatic N) is 2. The Kier molecular flexibility index (Phi) is 7.00. The monoisotopic (exact) mass is 392 g/mol. The number of nitrogens with one attached hydrogen (secondary N) is 1. The molecule has 3 atom stereocenters. The van der Waals surface area contributed by atoms with Crippen LogP contribution in [0.3, 0.4) is 0 Å². The normalized spacial score (nSPS) is 23.3. The zero-order chi connectivity index (χ0) is 18.7. The molecule has 0 radical (unpaired) electrons. The van der Waals surface area contributed by atoms with Crippen LogP contribution in [0.4, 0.5) is 0 Å². The van der Waals surface area contributed by atoms with Crippen LogP contribution >= 0.6 is 12.4 Å². The van der Waals surface area contributed by atoms with Crippen LogP contribution < -0.4 is 11.1 Å². The molecule has 3 N–H and O–H groups in total. The summed E-state index contributed by atoms with van der Waals surface area (Å²) >= 11 is 0. The fraction of sp³-hybridized carbons (Fsp3) is 0.550. The lowest BCUT2D eigenvalue weighted by atomic mass is 9.74. The van der Waals surface area contributed by atoms with Gasteiger partial charge in [0.15, 0.2) is 0 Å². The minimum atomic E-state index is -0.455. The van der Waals surface area contributed by atoms with E-state index in [0.29, 0.717) is 11.7 Å². The van der Waals surface area contributed by atoms with Gasteiger partial charge in [0.2, 0.25) is 17.6 Å². The first-order chi connectivity index (χ1) is 12.4. The molecule has 1 fully saturated rings. The van der Waals surface area contributed by atoms with Gasteiger partial charge in [0.25, 0.3) is 0 Å². The maximum atomic E-state index is 12.7. The number of hydrogen-bond donors (Lipinski definition) is 2. The molecule has 0 spiro atoms. The summed E-state index contributed by atoms with van der Waals surface area (Å²) in [6.07, 6.45) is 4.80. The maximum absolute atomic E-state index is 12.7. The van der Waals surface area contributed by atoms with Crippen molar-refractivity contribution < 1.29 is 9.32 Å². The topological polar surface area (TPSA) is 94.0 Å². The highest BCUT2D eigenvalue weighted by Gasteiger charge is 2.38. The fourth-order valence-corrected chi connectivity index (χ4v) is 3.58. The first-order valence-corrected chi connectivity index (χ1v) is 9.43. The highest BCUT2D eigenvalue weighted by Crippen LogP contribution is 2.32. The number of rotatable bonds is 5. The molecule has 0 saturated heterocycles. The van der Waals surface area contributed by atoms with Gasteiger partial charge in [0, 0.05) is 11.1 Å². The Labute approximate surface area is 166 Å². The Morgan fingerprint density at radius 2 is 2.07 bits per heavy atom. The minimum Gasteiger partial charge on any atom is -0.344 e. The SMILES string of the molecule is CCc1ccc(-c2noc(C(C)NC(=O)C3CCCCC3(C)N)n2)cc1.Cl. The summed E-state index contributed by atoms with van der Waals surface area (Å²) in [4.78, 5) is 17.1. The molecule has 3 rings (SSSR count). The summed E-state index contributed by atoms with van der Waals surface area (Å²) < 4.78 is 5.37. The summed E-state index contributed by atoms with van der Waals surface area (Å²) in [6.45, 7) is 5.93. The van der Waals surface area contributed by atoms with E-state index in [1.165, 1.54) is 5.56 Å². The van der Waals surface area contributed by atoms with Gasteiger partial charge in [-0.15, -0.1) is 12.4 Å². The van der Waals surface area contributed by atoms with Crippen molar-refractivity contribution in [2.24, 2.45) is 11.7 Å². The van der Waals surface area contributed by atoms with Gasteiger partial charge in [-0.1, -0.05) is 49.2 Å². The lowest BCUT2D eigenvalue weighted by molar-refractivity contribution is -0.129. The van der Waals surface area contributed by atoms with E-state index in [9.17, 15) is 4.79 Å². The zero-order valence-corrected chi connectivity index (χ0v) is 17.0. The average Bonchev–Trinajstić information content (AvgIpc) is 3.11. The molecular weight excluding hydrogens is 364 g/mol. The van der Waals surface area contributed by atoms with Crippen LogP contribution in [0.5, 0.6) is 0 Å². The summed E-state index contributed by atoms with van der Waals surface area (Å²) in [6, 6.07) is 7.73. The van der Waals surface area contributed by atoms with Crippen LogP contribution in [0.25, 0.3) is 11.4 Å². The molecule has 7 heteroatoms. The molecule has 148 valence electrons. The smallest absolute Gasteiger partial charge is 0.249 e. The van der Waals surface area contributed by atoms with Gasteiger partial charge in [-0.25, -0.2) is 0 Å². The highest BCUT2D eigenvalue weighted by atomic mass is 35.5. The van der Waals surface area contributed by atoms with Gasteiger partial charge in [-0.05, 0) is 38.7 Å². The van der Waals surface area contributed by atoms with Crippen LogP contribution in [-0.4, -0.2) is 21.6 Å². The molecular formula is C20H29ClN4O2. The number of hydrogen-bond acceptors (Lipinski definition) is 5. The predicted molar refractivity (Wildman–Crippen MR) is 107 cm³/mol. The summed E-state index contributed by atoms with van der Waals surface area (Å²) in [5.41, 5.74) is 8.03. The van der Waals surface area contributed by atoms with E-state index >= 15 is 0 Å². The molecule has 6 nitrogen and oxygen atoms in total. The first-order valence-electron chi connectivity index (χ1n) is 9.43. The number of carbonyl (C=O) groups excluding carboxylic acids is 1. The van der Waals surface area contributed by atoms with Crippen LogP contribution in [0, 0.1) is 5.92 Å². The van der Waals surface area contributed by atoms with Gasteiger partial charge in [0.1, 0.15) is 6.04 Å². The maximum Gasteiger partial charge on any atom is 0.249 e. The third-order valence-electron chi connectivity index (χ3n) is 5.36. The van der Waals surface area contributed by atoms with Crippen molar-refractivity contribution in [2.75, 3.05) is 0 Å². The quantitative estimate of drug-likeness (QED) is 0.806. The van der Waals surface area contributed by atoms with Crippen molar-refractivity contribution >= 4 is 18.3 Å². The van der Waals surface area contributed by atoms with Crippen molar-refractivity contribution in [3.63, 3.8) is 0 Å². The number of aromatic nitrogens is 2. The number of benzene rings is 1. The van der Waals surface area contributed by atoms with Crippen LogP contribution in [0.1, 0.15) is 64.0 Å². The molecule has 27 heavy (non-hydrogen) atoms. The van der Waals surface area contributed by atoms with Gasteiger partial charge >= 0.3 is 0 Å². The second kappa shape index (κ2) is 8.85. The lowest BCUT2D eigenvalue weighted by Crippen LogP contribution is -2.53. The average molecular weight is 393 g/mol. The molecule has 1 aromatic carbocycles. The van der Waals surface area contributed by atoms with E-state index in [0.717, 1.165) is 37.7 Å². The number of amides is 1. The van der Waals surface area contributed by atoms with Crippen LogP contribution in [-0.2, 0) is 11.2 Å². The fourth-order valence-electron chi connectivity index (χ4n) is 3.58. The number of carbonyl (C=O) groups is 1. The molecule has 1 amide bonds. The molecule has 0 bridgehead atoms. The summed E-state index contributed by atoms with van der Waals surface area (Å²) in [5, 5.41) is 7.04. The molecule has 0 aliphatic heterocycles. The zero-order valence-electron chi connectivity index (χ0n) is 16.2. The molecule has 1 aliphatic carbocycles. The van der Waals surface area contributed by atoms with Crippen molar-refractivity contribution in [2.45, 2.75) is 64.5 Å². The summed E-state index contributed by atoms with van der Waals surface area (Å²) in [5.74, 6) is 0.726. The van der Waals surface area contributed by atoms with Gasteiger partial charge in [-0.3, -0.25) is 4.79 Å². The Morgan fingerprint density at radius 1 is 1.37 bits per heavy atom.